The van der Waals surface area contributed by atoms with Crippen LogP contribution in [0.15, 0.2) is 170 Å². The highest BCUT2D eigenvalue weighted by Gasteiger charge is 2.28. The minimum absolute atomic E-state index is 0.931. The molecule has 0 amide bonds. The van der Waals surface area contributed by atoms with Crippen molar-refractivity contribution in [2.75, 3.05) is 9.80 Å². The van der Waals surface area contributed by atoms with Crippen LogP contribution in [0.5, 0.6) is 0 Å². The normalized spacial score (nSPS) is 13.0. The summed E-state index contributed by atoms with van der Waals surface area (Å²) < 4.78 is 0. The molecule has 0 fully saturated rings. The van der Waals surface area contributed by atoms with Crippen molar-refractivity contribution in [3.05, 3.63) is 214 Å². The third-order valence-electron chi connectivity index (χ3n) is 12.7. The zero-order chi connectivity index (χ0) is 39.1. The Hall–Kier alpha value is -6.90. The van der Waals surface area contributed by atoms with E-state index >= 15 is 0 Å². The number of hydrogen-bond acceptors (Lipinski definition) is 2. The van der Waals surface area contributed by atoms with Gasteiger partial charge in [0.1, 0.15) is 0 Å². The highest BCUT2D eigenvalue weighted by atomic mass is 15.2. The molecule has 2 heterocycles. The largest absolute Gasteiger partial charge is 0.310 e. The third kappa shape index (κ3) is 5.40. The van der Waals surface area contributed by atoms with E-state index in [4.69, 9.17) is 0 Å². The molecule has 9 aromatic carbocycles. The number of fused-ring (bicyclic) bond motifs is 6. The number of benzene rings is 9. The molecule has 2 aliphatic heterocycles. The number of nitrogens with zero attached hydrogens (tertiary/aromatic N) is 2. The van der Waals surface area contributed by atoms with Crippen molar-refractivity contribution in [2.24, 2.45) is 0 Å². The fourth-order valence-corrected chi connectivity index (χ4v) is 9.81. The van der Waals surface area contributed by atoms with Crippen LogP contribution in [0.4, 0.5) is 34.1 Å². The summed E-state index contributed by atoms with van der Waals surface area (Å²) in [5, 5.41) is 5.02. The molecule has 58 heavy (non-hydrogen) atoms. The van der Waals surface area contributed by atoms with Gasteiger partial charge < -0.3 is 9.80 Å². The third-order valence-corrected chi connectivity index (χ3v) is 12.7. The summed E-state index contributed by atoms with van der Waals surface area (Å²) in [5.41, 5.74) is 22.9. The smallest absolute Gasteiger partial charge is 0.0497 e. The second kappa shape index (κ2) is 13.4. The van der Waals surface area contributed by atoms with Crippen LogP contribution in [0.1, 0.15) is 44.5 Å². The van der Waals surface area contributed by atoms with Crippen LogP contribution in [0, 0.1) is 27.7 Å². The summed E-state index contributed by atoms with van der Waals surface area (Å²) in [6, 6.07) is 64.0. The molecule has 278 valence electrons. The molecule has 0 spiro atoms. The summed E-state index contributed by atoms with van der Waals surface area (Å²) in [4.78, 5) is 4.96. The first-order valence-corrected chi connectivity index (χ1v) is 20.5. The molecule has 0 unspecified atom stereocenters. The summed E-state index contributed by atoms with van der Waals surface area (Å²) in [6.07, 6.45) is 1.86. The van der Waals surface area contributed by atoms with Gasteiger partial charge in [0.05, 0.1) is 0 Å². The molecule has 9 aromatic rings. The predicted molar refractivity (Wildman–Crippen MR) is 246 cm³/mol. The fourth-order valence-electron chi connectivity index (χ4n) is 9.81. The zero-order valence-corrected chi connectivity index (χ0v) is 33.5. The van der Waals surface area contributed by atoms with Gasteiger partial charge in [-0.05, 0) is 159 Å². The van der Waals surface area contributed by atoms with Crippen LogP contribution in [0.25, 0.3) is 43.8 Å². The lowest BCUT2D eigenvalue weighted by molar-refractivity contribution is 1.09. The summed E-state index contributed by atoms with van der Waals surface area (Å²) in [6.45, 7) is 8.92. The van der Waals surface area contributed by atoms with Crippen LogP contribution in [0.3, 0.4) is 0 Å². The summed E-state index contributed by atoms with van der Waals surface area (Å²) in [7, 11) is 0. The fraction of sp³-hybridized carbons (Fsp3) is 0.107. The number of aryl methyl sites for hydroxylation is 4. The Labute approximate surface area is 341 Å². The Morgan fingerprint density at radius 2 is 0.810 bits per heavy atom. The Kier molecular flexibility index (Phi) is 7.91. The second-order valence-corrected chi connectivity index (χ2v) is 16.4. The van der Waals surface area contributed by atoms with Crippen LogP contribution < -0.4 is 9.80 Å². The predicted octanol–water partition coefficient (Wildman–Crippen LogP) is 15.3. The average molecular weight is 745 g/mol. The molecule has 2 aliphatic rings. The van der Waals surface area contributed by atoms with Crippen molar-refractivity contribution >= 4 is 55.7 Å². The van der Waals surface area contributed by atoms with Crippen LogP contribution in [-0.2, 0) is 12.8 Å². The van der Waals surface area contributed by atoms with E-state index in [9.17, 15) is 0 Å². The van der Waals surface area contributed by atoms with Crippen molar-refractivity contribution in [3.63, 3.8) is 0 Å². The minimum atomic E-state index is 0.931. The van der Waals surface area contributed by atoms with Gasteiger partial charge >= 0.3 is 0 Å². The molecule has 0 bridgehead atoms. The molecule has 0 radical (unpaired) electrons. The van der Waals surface area contributed by atoms with E-state index in [1.807, 2.05) is 0 Å². The van der Waals surface area contributed by atoms with Gasteiger partial charge in [-0.3, -0.25) is 0 Å². The highest BCUT2D eigenvalue weighted by Crippen LogP contribution is 2.51. The Morgan fingerprint density at radius 1 is 0.345 bits per heavy atom. The van der Waals surface area contributed by atoms with Crippen LogP contribution >= 0.6 is 0 Å². The van der Waals surface area contributed by atoms with E-state index < -0.39 is 0 Å². The maximum Gasteiger partial charge on any atom is 0.0497 e. The monoisotopic (exact) mass is 744 g/mol. The summed E-state index contributed by atoms with van der Waals surface area (Å²) >= 11 is 0. The molecule has 0 atom stereocenters. The first kappa shape index (κ1) is 34.4. The standard InChI is InChI=1S/C56H44N2/c1-35-21-26-46(38(4)29-35)56-48-28-25-44(57-51-17-9-5-13-39(51)31-40-14-6-10-18-52(40)57)33-49(48)55(43-23-22-36(2)37(3)30-43)47-27-24-45(34-50(47)56)58-53-19-11-7-15-41(53)32-42-16-8-12-20-54(42)58/h5-30,33-34H,31-32H2,1-4H3. The number of para-hydroxylation sites is 4. The zero-order valence-electron chi connectivity index (χ0n) is 33.5. The summed E-state index contributed by atoms with van der Waals surface area (Å²) in [5.74, 6) is 0. The van der Waals surface area contributed by atoms with E-state index in [1.165, 1.54) is 122 Å². The van der Waals surface area contributed by atoms with Gasteiger partial charge in [0.25, 0.3) is 0 Å². The SMILES string of the molecule is Cc1ccc(-c2c3ccc(N4c5ccccc5Cc5ccccc54)cc3c(-c3ccc(C)c(C)c3)c3ccc(N4c5ccccc5Cc5ccccc54)cc23)c(C)c1. The molecular weight excluding hydrogens is 701 g/mol. The highest BCUT2D eigenvalue weighted by molar-refractivity contribution is 6.23. The Morgan fingerprint density at radius 3 is 1.29 bits per heavy atom. The molecule has 0 aromatic heterocycles. The molecule has 11 rings (SSSR count). The van der Waals surface area contributed by atoms with Crippen molar-refractivity contribution in [3.8, 4) is 22.3 Å². The maximum atomic E-state index is 2.48. The van der Waals surface area contributed by atoms with Crippen LogP contribution in [0.2, 0.25) is 0 Å². The Balaban J connectivity index is 1.25. The average Bonchev–Trinajstić information content (AvgIpc) is 3.25. The molecule has 2 heteroatoms. The van der Waals surface area contributed by atoms with Gasteiger partial charge in [-0.15, -0.1) is 0 Å². The van der Waals surface area contributed by atoms with E-state index in [0.717, 1.165) is 12.8 Å². The van der Waals surface area contributed by atoms with E-state index in [1.54, 1.807) is 0 Å². The van der Waals surface area contributed by atoms with Crippen molar-refractivity contribution in [1.29, 1.82) is 0 Å². The van der Waals surface area contributed by atoms with Gasteiger partial charge in [0, 0.05) is 47.0 Å². The topological polar surface area (TPSA) is 6.48 Å². The van der Waals surface area contributed by atoms with E-state index in [-0.39, 0.29) is 0 Å². The molecular formula is C56H44N2. The molecule has 0 N–H and O–H groups in total. The molecule has 0 saturated heterocycles. The first-order chi connectivity index (χ1) is 28.4. The quantitative estimate of drug-likeness (QED) is 0.166. The molecule has 0 aliphatic carbocycles. The van der Waals surface area contributed by atoms with Crippen molar-refractivity contribution in [2.45, 2.75) is 40.5 Å². The lowest BCUT2D eigenvalue weighted by atomic mass is 9.83. The lowest BCUT2D eigenvalue weighted by Crippen LogP contribution is -2.18. The lowest BCUT2D eigenvalue weighted by Gasteiger charge is -2.34. The first-order valence-electron chi connectivity index (χ1n) is 20.5. The maximum absolute atomic E-state index is 2.48. The van der Waals surface area contributed by atoms with E-state index in [2.05, 4.69) is 207 Å². The van der Waals surface area contributed by atoms with Crippen molar-refractivity contribution in [1.82, 2.24) is 0 Å². The minimum Gasteiger partial charge on any atom is -0.310 e. The van der Waals surface area contributed by atoms with Gasteiger partial charge in [-0.2, -0.15) is 0 Å². The van der Waals surface area contributed by atoms with Crippen LogP contribution in [-0.4, -0.2) is 0 Å². The second-order valence-electron chi connectivity index (χ2n) is 16.4. The van der Waals surface area contributed by atoms with Gasteiger partial charge in [-0.1, -0.05) is 127 Å². The van der Waals surface area contributed by atoms with Gasteiger partial charge in [-0.25, -0.2) is 0 Å². The molecule has 0 saturated carbocycles. The van der Waals surface area contributed by atoms with Crippen molar-refractivity contribution < 1.29 is 0 Å². The Bertz CT molecular complexity index is 3040. The van der Waals surface area contributed by atoms with E-state index in [0.29, 0.717) is 0 Å². The number of rotatable bonds is 4. The number of hydrogen-bond donors (Lipinski definition) is 0. The van der Waals surface area contributed by atoms with Gasteiger partial charge in [0.2, 0.25) is 0 Å². The number of anilines is 6. The molecule has 2 nitrogen and oxygen atoms in total. The van der Waals surface area contributed by atoms with Gasteiger partial charge in [0.15, 0.2) is 0 Å².